The molecule has 0 aliphatic heterocycles. The van der Waals surface area contributed by atoms with E-state index in [-0.39, 0.29) is 5.56 Å². The molecule has 1 aliphatic carbocycles. The van der Waals surface area contributed by atoms with Crippen molar-refractivity contribution >= 4 is 17.5 Å². The number of carbonyl (C=O) groups excluding carboxylic acids is 1. The molecule has 3 rings (SSSR count). The molecule has 1 saturated carbocycles. The Morgan fingerprint density at radius 2 is 2.19 bits per heavy atom. The van der Waals surface area contributed by atoms with Crippen LogP contribution in [0.1, 0.15) is 36.2 Å². The van der Waals surface area contributed by atoms with Gasteiger partial charge in [0.15, 0.2) is 10.9 Å². The maximum absolute atomic E-state index is 13.6. The minimum atomic E-state index is -0.711. The first-order valence-electron chi connectivity index (χ1n) is 6.61. The minimum Gasteiger partial charge on any atom is -0.306 e. The Kier molecular flexibility index (Phi) is 3.75. The van der Waals surface area contributed by atoms with Crippen LogP contribution in [0.3, 0.4) is 0 Å². The maximum atomic E-state index is 13.6. The second kappa shape index (κ2) is 5.55. The standard InChI is InChI=1S/C14H13F2N3OS/c1-8(13(20)11-6-9(15)2-5-12(11)16)21-14-18-17-7-19(14)10-3-4-10/h2,5-8,10H,3-4H2,1H3/t8-/m0/s1. The van der Waals surface area contributed by atoms with Crippen molar-refractivity contribution < 1.29 is 13.6 Å². The van der Waals surface area contributed by atoms with Gasteiger partial charge >= 0.3 is 0 Å². The molecule has 0 radical (unpaired) electrons. The fourth-order valence-corrected chi connectivity index (χ4v) is 3.00. The molecule has 1 fully saturated rings. The van der Waals surface area contributed by atoms with E-state index in [1.54, 1.807) is 13.3 Å². The molecule has 0 unspecified atom stereocenters. The molecule has 0 bridgehead atoms. The number of aromatic nitrogens is 3. The number of carbonyl (C=O) groups is 1. The van der Waals surface area contributed by atoms with E-state index in [0.717, 1.165) is 31.0 Å². The van der Waals surface area contributed by atoms with Gasteiger partial charge in [-0.15, -0.1) is 10.2 Å². The van der Waals surface area contributed by atoms with E-state index in [0.29, 0.717) is 11.2 Å². The molecule has 7 heteroatoms. The van der Waals surface area contributed by atoms with Crippen molar-refractivity contribution in [3.63, 3.8) is 0 Å². The maximum Gasteiger partial charge on any atom is 0.191 e. The van der Waals surface area contributed by atoms with Gasteiger partial charge in [0, 0.05) is 6.04 Å². The summed E-state index contributed by atoms with van der Waals surface area (Å²) in [5, 5.41) is 7.90. The lowest BCUT2D eigenvalue weighted by Crippen LogP contribution is -2.16. The smallest absolute Gasteiger partial charge is 0.191 e. The Hall–Kier alpha value is -1.76. The van der Waals surface area contributed by atoms with Crippen molar-refractivity contribution in [2.24, 2.45) is 0 Å². The van der Waals surface area contributed by atoms with Crippen LogP contribution in [-0.4, -0.2) is 25.8 Å². The average Bonchev–Trinajstić information content (AvgIpc) is 3.21. The van der Waals surface area contributed by atoms with Crippen LogP contribution < -0.4 is 0 Å². The van der Waals surface area contributed by atoms with Crippen LogP contribution in [0.4, 0.5) is 8.78 Å². The highest BCUT2D eigenvalue weighted by molar-refractivity contribution is 8.00. The van der Waals surface area contributed by atoms with Crippen LogP contribution in [0.25, 0.3) is 0 Å². The van der Waals surface area contributed by atoms with Crippen molar-refractivity contribution in [3.05, 3.63) is 41.7 Å². The van der Waals surface area contributed by atoms with Gasteiger partial charge in [0.1, 0.15) is 18.0 Å². The highest BCUT2D eigenvalue weighted by Crippen LogP contribution is 2.38. The summed E-state index contributed by atoms with van der Waals surface area (Å²) in [5.74, 6) is -1.79. The van der Waals surface area contributed by atoms with Crippen LogP contribution in [-0.2, 0) is 0 Å². The van der Waals surface area contributed by atoms with Crippen LogP contribution in [0, 0.1) is 11.6 Å². The summed E-state index contributed by atoms with van der Waals surface area (Å²) < 4.78 is 28.7. The summed E-state index contributed by atoms with van der Waals surface area (Å²) >= 11 is 1.21. The predicted octanol–water partition coefficient (Wildman–Crippen LogP) is 3.25. The van der Waals surface area contributed by atoms with E-state index in [2.05, 4.69) is 10.2 Å². The molecule has 0 saturated heterocycles. The number of halogens is 2. The Bertz CT molecular complexity index is 685. The van der Waals surface area contributed by atoms with Crippen molar-refractivity contribution in [1.29, 1.82) is 0 Å². The zero-order valence-electron chi connectivity index (χ0n) is 11.3. The van der Waals surface area contributed by atoms with Gasteiger partial charge in [-0.2, -0.15) is 0 Å². The molecule has 0 amide bonds. The number of Topliss-reactive ketones (excluding diaryl/α,β-unsaturated/α-hetero) is 1. The first-order chi connectivity index (χ1) is 10.1. The Morgan fingerprint density at radius 1 is 1.43 bits per heavy atom. The van der Waals surface area contributed by atoms with Gasteiger partial charge in [-0.25, -0.2) is 8.78 Å². The topological polar surface area (TPSA) is 47.8 Å². The molecule has 21 heavy (non-hydrogen) atoms. The Morgan fingerprint density at radius 3 is 2.90 bits per heavy atom. The number of nitrogens with zero attached hydrogens (tertiary/aromatic N) is 3. The van der Waals surface area contributed by atoms with Crippen LogP contribution in [0.15, 0.2) is 29.7 Å². The Labute approximate surface area is 124 Å². The third-order valence-electron chi connectivity index (χ3n) is 3.33. The molecule has 1 atom stereocenters. The summed E-state index contributed by atoms with van der Waals surface area (Å²) in [4.78, 5) is 12.3. The van der Waals surface area contributed by atoms with Crippen molar-refractivity contribution in [3.8, 4) is 0 Å². The summed E-state index contributed by atoms with van der Waals surface area (Å²) in [5.41, 5.74) is -0.229. The van der Waals surface area contributed by atoms with E-state index in [1.165, 1.54) is 11.8 Å². The van der Waals surface area contributed by atoms with Crippen LogP contribution in [0.2, 0.25) is 0 Å². The minimum absolute atomic E-state index is 0.229. The van der Waals surface area contributed by atoms with Crippen molar-refractivity contribution in [1.82, 2.24) is 14.8 Å². The molecule has 2 aromatic rings. The van der Waals surface area contributed by atoms with Gasteiger partial charge in [0.05, 0.1) is 10.8 Å². The number of thioether (sulfide) groups is 1. The number of rotatable bonds is 5. The molecule has 1 heterocycles. The van der Waals surface area contributed by atoms with Gasteiger partial charge in [0.2, 0.25) is 0 Å². The summed E-state index contributed by atoms with van der Waals surface area (Å²) in [6, 6.07) is 3.29. The van der Waals surface area contributed by atoms with E-state index in [9.17, 15) is 13.6 Å². The molecule has 1 aromatic heterocycles. The third kappa shape index (κ3) is 2.97. The third-order valence-corrected chi connectivity index (χ3v) is 4.40. The fraction of sp³-hybridized carbons (Fsp3) is 0.357. The summed E-state index contributed by atoms with van der Waals surface area (Å²) in [6.07, 6.45) is 3.79. The largest absolute Gasteiger partial charge is 0.306 e. The monoisotopic (exact) mass is 309 g/mol. The normalized spacial score (nSPS) is 16.0. The molecule has 110 valence electrons. The van der Waals surface area contributed by atoms with Crippen molar-refractivity contribution in [2.75, 3.05) is 0 Å². The molecule has 1 aromatic carbocycles. The molecule has 0 N–H and O–H groups in total. The van der Waals surface area contributed by atoms with E-state index in [1.807, 2.05) is 4.57 Å². The number of ketones is 1. The van der Waals surface area contributed by atoms with Gasteiger partial charge in [-0.05, 0) is 38.0 Å². The van der Waals surface area contributed by atoms with Crippen molar-refractivity contribution in [2.45, 2.75) is 36.2 Å². The number of hydrogen-bond acceptors (Lipinski definition) is 4. The lowest BCUT2D eigenvalue weighted by Gasteiger charge is -2.11. The van der Waals surface area contributed by atoms with E-state index < -0.39 is 22.7 Å². The van der Waals surface area contributed by atoms with Crippen LogP contribution >= 0.6 is 11.8 Å². The molecule has 4 nitrogen and oxygen atoms in total. The lowest BCUT2D eigenvalue weighted by atomic mass is 10.1. The number of hydrogen-bond donors (Lipinski definition) is 0. The van der Waals surface area contributed by atoms with Gasteiger partial charge in [-0.1, -0.05) is 11.8 Å². The second-order valence-electron chi connectivity index (χ2n) is 5.00. The van der Waals surface area contributed by atoms with Gasteiger partial charge in [0.25, 0.3) is 0 Å². The first-order valence-corrected chi connectivity index (χ1v) is 7.49. The predicted molar refractivity (Wildman–Crippen MR) is 74.3 cm³/mol. The number of benzene rings is 1. The quantitative estimate of drug-likeness (QED) is 0.628. The Balaban J connectivity index is 1.78. The molecule has 0 spiro atoms. The second-order valence-corrected chi connectivity index (χ2v) is 6.31. The molecular weight excluding hydrogens is 296 g/mol. The van der Waals surface area contributed by atoms with Crippen LogP contribution in [0.5, 0.6) is 0 Å². The zero-order chi connectivity index (χ0) is 15.0. The van der Waals surface area contributed by atoms with Gasteiger partial charge < -0.3 is 4.57 Å². The summed E-state index contributed by atoms with van der Waals surface area (Å²) in [7, 11) is 0. The average molecular weight is 309 g/mol. The molecular formula is C14H13F2N3OS. The lowest BCUT2D eigenvalue weighted by molar-refractivity contribution is 0.0989. The van der Waals surface area contributed by atoms with Gasteiger partial charge in [-0.3, -0.25) is 4.79 Å². The highest BCUT2D eigenvalue weighted by Gasteiger charge is 2.28. The highest BCUT2D eigenvalue weighted by atomic mass is 32.2. The fourth-order valence-electron chi connectivity index (χ4n) is 2.04. The van der Waals surface area contributed by atoms with E-state index in [4.69, 9.17) is 0 Å². The molecule has 1 aliphatic rings. The zero-order valence-corrected chi connectivity index (χ0v) is 12.1. The summed E-state index contributed by atoms with van der Waals surface area (Å²) in [6.45, 7) is 1.66. The SMILES string of the molecule is C[C@H](Sc1nncn1C1CC1)C(=O)c1cc(F)ccc1F. The first kappa shape index (κ1) is 14.2. The van der Waals surface area contributed by atoms with E-state index >= 15 is 0 Å².